The normalized spacial score (nSPS) is 38.2. The van der Waals surface area contributed by atoms with E-state index >= 15 is 0 Å². The van der Waals surface area contributed by atoms with Gasteiger partial charge in [-0.05, 0) is 13.0 Å². The second-order valence-corrected chi connectivity index (χ2v) is 4.15. The lowest BCUT2D eigenvalue weighted by Crippen LogP contribution is -2.62. The molecule has 1 heterocycles. The number of aliphatic hydroxyl groups excluding tert-OH is 4. The Hall–Kier alpha value is -0.200. The van der Waals surface area contributed by atoms with E-state index in [1.165, 1.54) is 0 Å². The molecule has 1 aliphatic rings. The van der Waals surface area contributed by atoms with Gasteiger partial charge in [-0.15, -0.1) is 0 Å². The molecule has 4 atom stereocenters. The molecule has 5 heteroatoms. The summed E-state index contributed by atoms with van der Waals surface area (Å²) >= 11 is 0. The zero-order valence-corrected chi connectivity index (χ0v) is 9.08. The first-order valence-electron chi connectivity index (χ1n) is 5.51. The Labute approximate surface area is 90.0 Å². The number of rotatable bonds is 4. The molecular formula is C10H21NO4. The van der Waals surface area contributed by atoms with Crippen LogP contribution < -0.4 is 0 Å². The van der Waals surface area contributed by atoms with Crippen LogP contribution in [-0.2, 0) is 0 Å². The maximum atomic E-state index is 9.67. The van der Waals surface area contributed by atoms with Crippen molar-refractivity contribution in [2.45, 2.75) is 44.1 Å². The number of unbranched alkanes of at least 4 members (excludes halogenated alkanes) is 1. The molecule has 1 aliphatic heterocycles. The van der Waals surface area contributed by atoms with Crippen LogP contribution in [0.1, 0.15) is 19.8 Å². The highest BCUT2D eigenvalue weighted by Gasteiger charge is 2.40. The summed E-state index contributed by atoms with van der Waals surface area (Å²) < 4.78 is 0. The molecule has 0 aromatic carbocycles. The van der Waals surface area contributed by atoms with E-state index in [4.69, 9.17) is 5.11 Å². The maximum absolute atomic E-state index is 9.67. The number of nitrogens with zero attached hydrogens (tertiary/aromatic N) is 1. The fraction of sp³-hybridized carbons (Fsp3) is 1.00. The smallest absolute Gasteiger partial charge is 0.109 e. The van der Waals surface area contributed by atoms with E-state index in [2.05, 4.69) is 6.92 Å². The molecule has 0 spiro atoms. The third-order valence-electron chi connectivity index (χ3n) is 3.01. The van der Waals surface area contributed by atoms with E-state index in [1.807, 2.05) is 4.90 Å². The van der Waals surface area contributed by atoms with Crippen LogP contribution >= 0.6 is 0 Å². The van der Waals surface area contributed by atoms with Crippen molar-refractivity contribution in [3.8, 4) is 0 Å². The predicted molar refractivity (Wildman–Crippen MR) is 55.4 cm³/mol. The van der Waals surface area contributed by atoms with E-state index in [9.17, 15) is 15.3 Å². The molecule has 0 aliphatic carbocycles. The molecule has 1 saturated heterocycles. The van der Waals surface area contributed by atoms with Crippen LogP contribution in [0.25, 0.3) is 0 Å². The molecular weight excluding hydrogens is 198 g/mol. The monoisotopic (exact) mass is 219 g/mol. The van der Waals surface area contributed by atoms with E-state index in [0.29, 0.717) is 6.54 Å². The topological polar surface area (TPSA) is 84.2 Å². The lowest BCUT2D eigenvalue weighted by atomic mass is 9.94. The minimum Gasteiger partial charge on any atom is -0.395 e. The third-order valence-corrected chi connectivity index (χ3v) is 3.01. The van der Waals surface area contributed by atoms with Crippen molar-refractivity contribution < 1.29 is 20.4 Å². The van der Waals surface area contributed by atoms with Crippen LogP contribution in [0.2, 0.25) is 0 Å². The lowest BCUT2D eigenvalue weighted by molar-refractivity contribution is -0.145. The molecule has 4 N–H and O–H groups in total. The van der Waals surface area contributed by atoms with Crippen LogP contribution in [0.15, 0.2) is 0 Å². The van der Waals surface area contributed by atoms with Crippen LogP contribution in [0.5, 0.6) is 0 Å². The molecule has 0 radical (unpaired) electrons. The van der Waals surface area contributed by atoms with E-state index < -0.39 is 24.4 Å². The highest BCUT2D eigenvalue weighted by Crippen LogP contribution is 2.19. The van der Waals surface area contributed by atoms with Gasteiger partial charge in [-0.2, -0.15) is 0 Å². The molecule has 0 aromatic heterocycles. The first-order valence-corrected chi connectivity index (χ1v) is 5.51. The van der Waals surface area contributed by atoms with Crippen LogP contribution in [0.4, 0.5) is 0 Å². The van der Waals surface area contributed by atoms with Crippen molar-refractivity contribution in [1.82, 2.24) is 4.90 Å². The molecule has 0 unspecified atom stereocenters. The molecule has 1 fully saturated rings. The Morgan fingerprint density at radius 1 is 1.20 bits per heavy atom. The average molecular weight is 219 g/mol. The second-order valence-electron chi connectivity index (χ2n) is 4.15. The molecule has 15 heavy (non-hydrogen) atoms. The first-order chi connectivity index (χ1) is 7.11. The Bertz CT molecular complexity index is 190. The average Bonchev–Trinajstić information content (AvgIpc) is 2.23. The minimum atomic E-state index is -1.15. The number of piperidine rings is 1. The standard InChI is InChI=1S/C10H21NO4/c1-2-3-4-11-5-8(13)10(15)9(14)7(11)6-12/h7-10,12-15H,2-6H2,1H3/t7-,8+,9-,10-/m0/s1. The molecule has 90 valence electrons. The van der Waals surface area contributed by atoms with Gasteiger partial charge in [0.1, 0.15) is 12.2 Å². The van der Waals surface area contributed by atoms with Crippen molar-refractivity contribution in [2.75, 3.05) is 19.7 Å². The van der Waals surface area contributed by atoms with Crippen molar-refractivity contribution in [3.05, 3.63) is 0 Å². The van der Waals surface area contributed by atoms with Gasteiger partial charge < -0.3 is 20.4 Å². The van der Waals surface area contributed by atoms with Gasteiger partial charge in [-0.3, -0.25) is 4.90 Å². The number of β-amino-alcohol motifs (C(OH)–C–C–N with tert-alkyl or cyclic N) is 1. The third kappa shape index (κ3) is 2.89. The second kappa shape index (κ2) is 5.77. The molecule has 0 amide bonds. The molecule has 0 aromatic rings. The van der Waals surface area contributed by atoms with Gasteiger partial charge in [0.05, 0.1) is 18.8 Å². The highest BCUT2D eigenvalue weighted by atomic mass is 16.4. The summed E-state index contributed by atoms with van der Waals surface area (Å²) in [6.07, 6.45) is -1.19. The highest BCUT2D eigenvalue weighted by molar-refractivity contribution is 4.93. The van der Waals surface area contributed by atoms with Crippen LogP contribution in [0.3, 0.4) is 0 Å². The Kier molecular flexibility index (Phi) is 4.95. The van der Waals surface area contributed by atoms with Crippen molar-refractivity contribution in [3.63, 3.8) is 0 Å². The van der Waals surface area contributed by atoms with Gasteiger partial charge in [0.15, 0.2) is 0 Å². The van der Waals surface area contributed by atoms with Gasteiger partial charge in [0.25, 0.3) is 0 Å². The summed E-state index contributed by atoms with van der Waals surface area (Å²) in [5.74, 6) is 0. The Morgan fingerprint density at radius 2 is 1.87 bits per heavy atom. The Morgan fingerprint density at radius 3 is 2.40 bits per heavy atom. The van der Waals surface area contributed by atoms with E-state index in [0.717, 1.165) is 19.4 Å². The van der Waals surface area contributed by atoms with Gasteiger partial charge in [0.2, 0.25) is 0 Å². The quantitative estimate of drug-likeness (QED) is 0.465. The SMILES string of the molecule is CCCCN1C[C@@H](O)[C@H](O)[C@@H](O)[C@@H]1CO. The summed E-state index contributed by atoms with van der Waals surface area (Å²) in [4.78, 5) is 1.84. The fourth-order valence-electron chi connectivity index (χ4n) is 2.00. The van der Waals surface area contributed by atoms with Gasteiger partial charge in [-0.25, -0.2) is 0 Å². The number of likely N-dealkylation sites (tertiary alicyclic amines) is 1. The minimum absolute atomic E-state index is 0.200. The van der Waals surface area contributed by atoms with E-state index in [1.54, 1.807) is 0 Å². The summed E-state index contributed by atoms with van der Waals surface area (Å²) in [7, 11) is 0. The molecule has 0 saturated carbocycles. The van der Waals surface area contributed by atoms with Crippen LogP contribution in [-0.4, -0.2) is 69.4 Å². The van der Waals surface area contributed by atoms with Crippen molar-refractivity contribution >= 4 is 0 Å². The zero-order valence-electron chi connectivity index (χ0n) is 9.08. The predicted octanol–water partition coefficient (Wildman–Crippen LogP) is -1.45. The van der Waals surface area contributed by atoms with Crippen LogP contribution in [0, 0.1) is 0 Å². The van der Waals surface area contributed by atoms with Gasteiger partial charge in [-0.1, -0.05) is 13.3 Å². The van der Waals surface area contributed by atoms with Gasteiger partial charge in [0, 0.05) is 6.54 Å². The lowest BCUT2D eigenvalue weighted by Gasteiger charge is -2.43. The summed E-state index contributed by atoms with van der Waals surface area (Å²) in [6.45, 7) is 2.89. The molecule has 0 bridgehead atoms. The number of hydrogen-bond donors (Lipinski definition) is 4. The van der Waals surface area contributed by atoms with Gasteiger partial charge >= 0.3 is 0 Å². The van der Waals surface area contributed by atoms with Crippen molar-refractivity contribution in [1.29, 1.82) is 0 Å². The number of aliphatic hydroxyl groups is 4. The summed E-state index contributed by atoms with van der Waals surface area (Å²) in [5.41, 5.74) is 0. The first kappa shape index (κ1) is 12.9. The van der Waals surface area contributed by atoms with Crippen molar-refractivity contribution in [2.24, 2.45) is 0 Å². The Balaban J connectivity index is 2.60. The molecule has 1 rings (SSSR count). The van der Waals surface area contributed by atoms with E-state index in [-0.39, 0.29) is 6.61 Å². The largest absolute Gasteiger partial charge is 0.395 e. The summed E-state index contributed by atoms with van der Waals surface area (Å²) in [5, 5.41) is 37.8. The summed E-state index contributed by atoms with van der Waals surface area (Å²) in [6, 6.07) is -0.463. The molecule has 5 nitrogen and oxygen atoms in total. The number of hydrogen-bond acceptors (Lipinski definition) is 5. The fourth-order valence-corrected chi connectivity index (χ4v) is 2.00. The maximum Gasteiger partial charge on any atom is 0.109 e. The zero-order chi connectivity index (χ0) is 11.4.